The molecule has 6 heteroatoms. The van der Waals surface area contributed by atoms with Gasteiger partial charge in [0.15, 0.2) is 11.5 Å². The summed E-state index contributed by atoms with van der Waals surface area (Å²) >= 11 is 0. The molecular formula is C20H27N5O. The number of carbonyl (C=O) groups excluding carboxylic acids is 1. The molecule has 2 aliphatic rings. The first-order chi connectivity index (χ1) is 12.4. The van der Waals surface area contributed by atoms with E-state index in [0.29, 0.717) is 11.8 Å². The third-order valence-corrected chi connectivity index (χ3v) is 5.58. The minimum Gasteiger partial charge on any atom is -0.342 e. The van der Waals surface area contributed by atoms with Crippen LogP contribution < -0.4 is 0 Å². The van der Waals surface area contributed by atoms with Crippen LogP contribution in [0.25, 0.3) is 5.65 Å². The summed E-state index contributed by atoms with van der Waals surface area (Å²) in [6.45, 7) is 8.08. The minimum atomic E-state index is -0.0131. The second-order valence-corrected chi connectivity index (χ2v) is 8.54. The van der Waals surface area contributed by atoms with E-state index in [1.165, 1.54) is 0 Å². The summed E-state index contributed by atoms with van der Waals surface area (Å²) < 4.78 is 1.91. The summed E-state index contributed by atoms with van der Waals surface area (Å²) in [4.78, 5) is 14.6. The van der Waals surface area contributed by atoms with Crippen molar-refractivity contribution in [3.8, 4) is 0 Å². The number of rotatable bonds is 2. The molecule has 2 aromatic rings. The van der Waals surface area contributed by atoms with Gasteiger partial charge in [0.25, 0.3) is 0 Å². The predicted molar refractivity (Wildman–Crippen MR) is 99.9 cm³/mol. The van der Waals surface area contributed by atoms with Gasteiger partial charge in [0, 0.05) is 30.3 Å². The summed E-state index contributed by atoms with van der Waals surface area (Å²) in [7, 11) is 0. The molecule has 1 aliphatic carbocycles. The first kappa shape index (κ1) is 17.2. The minimum absolute atomic E-state index is 0.0131. The van der Waals surface area contributed by atoms with Crippen LogP contribution in [0.1, 0.15) is 63.9 Å². The van der Waals surface area contributed by atoms with Gasteiger partial charge < -0.3 is 4.90 Å². The summed E-state index contributed by atoms with van der Waals surface area (Å²) in [6.07, 6.45) is 7.88. The zero-order valence-electron chi connectivity index (χ0n) is 15.9. The summed E-state index contributed by atoms with van der Waals surface area (Å²) in [5.41, 5.74) is 1.82. The first-order valence-electron chi connectivity index (χ1n) is 9.60. The topological polar surface area (TPSA) is 63.4 Å². The fourth-order valence-electron chi connectivity index (χ4n) is 3.90. The molecule has 0 atom stereocenters. The Hall–Kier alpha value is -2.24. The predicted octanol–water partition coefficient (Wildman–Crippen LogP) is 3.09. The Morgan fingerprint density at radius 1 is 1.08 bits per heavy atom. The number of hydrogen-bond donors (Lipinski definition) is 0. The Balaban J connectivity index is 1.50. The molecule has 138 valence electrons. The Bertz CT molecular complexity index is 831. The van der Waals surface area contributed by atoms with Crippen molar-refractivity contribution in [2.24, 2.45) is 5.92 Å². The molecule has 26 heavy (non-hydrogen) atoms. The van der Waals surface area contributed by atoms with E-state index < -0.39 is 0 Å². The highest BCUT2D eigenvalue weighted by molar-refractivity contribution is 5.79. The van der Waals surface area contributed by atoms with E-state index in [4.69, 9.17) is 5.10 Å². The molecule has 0 saturated carbocycles. The zero-order valence-corrected chi connectivity index (χ0v) is 15.9. The normalized spacial score (nSPS) is 19.6. The number of likely N-dealkylation sites (tertiary alicyclic amines) is 1. The molecule has 4 rings (SSSR count). The van der Waals surface area contributed by atoms with E-state index in [9.17, 15) is 4.79 Å². The van der Waals surface area contributed by atoms with Crippen LogP contribution in [0.2, 0.25) is 0 Å². The molecule has 0 radical (unpaired) electrons. The number of aromatic nitrogens is 4. The number of piperidine rings is 1. The summed E-state index contributed by atoms with van der Waals surface area (Å²) in [6, 6.07) is 4.03. The number of amides is 1. The molecule has 1 fully saturated rings. The maximum absolute atomic E-state index is 12.6. The first-order valence-corrected chi connectivity index (χ1v) is 9.60. The Labute approximate surface area is 154 Å². The smallest absolute Gasteiger partial charge is 0.226 e. The van der Waals surface area contributed by atoms with Gasteiger partial charge in [-0.2, -0.15) is 9.61 Å². The maximum Gasteiger partial charge on any atom is 0.226 e. The van der Waals surface area contributed by atoms with E-state index >= 15 is 0 Å². The Morgan fingerprint density at radius 3 is 2.42 bits per heavy atom. The molecule has 0 bridgehead atoms. The van der Waals surface area contributed by atoms with Crippen LogP contribution in [0.5, 0.6) is 0 Å². The van der Waals surface area contributed by atoms with Crippen LogP contribution in [0.15, 0.2) is 24.3 Å². The average molecular weight is 353 g/mol. The third-order valence-electron chi connectivity index (χ3n) is 5.58. The van der Waals surface area contributed by atoms with Crippen molar-refractivity contribution in [1.82, 2.24) is 24.7 Å². The van der Waals surface area contributed by atoms with Gasteiger partial charge in [-0.25, -0.2) is 0 Å². The molecule has 6 nitrogen and oxygen atoms in total. The van der Waals surface area contributed by atoms with Crippen molar-refractivity contribution < 1.29 is 4.79 Å². The Morgan fingerprint density at radius 2 is 1.77 bits per heavy atom. The number of fused-ring (bicyclic) bond motifs is 1. The second-order valence-electron chi connectivity index (χ2n) is 8.54. The van der Waals surface area contributed by atoms with Crippen molar-refractivity contribution in [1.29, 1.82) is 0 Å². The quantitative estimate of drug-likeness (QED) is 0.778. The van der Waals surface area contributed by atoms with Crippen LogP contribution >= 0.6 is 0 Å². The third kappa shape index (κ3) is 3.13. The standard InChI is InChI=1S/C20H27N5O/c1-20(2,3)16-8-9-17-21-22-18(25(17)23-16)14-10-12-24(13-11-14)19(26)15-6-4-5-7-15/h4-5,8-9,14-15H,6-7,10-13H2,1-3H3. The number of hydrogen-bond acceptors (Lipinski definition) is 4. The molecule has 1 aliphatic heterocycles. The lowest BCUT2D eigenvalue weighted by Crippen LogP contribution is -2.41. The highest BCUT2D eigenvalue weighted by atomic mass is 16.2. The molecule has 1 amide bonds. The number of nitrogens with zero attached hydrogens (tertiary/aromatic N) is 5. The molecule has 0 unspecified atom stereocenters. The number of carbonyl (C=O) groups is 1. The van der Waals surface area contributed by atoms with E-state index in [2.05, 4.69) is 43.1 Å². The van der Waals surface area contributed by atoms with E-state index in [0.717, 1.165) is 55.9 Å². The van der Waals surface area contributed by atoms with Crippen LogP contribution in [0, 0.1) is 5.92 Å². The van der Waals surface area contributed by atoms with Crippen LogP contribution in [-0.4, -0.2) is 43.7 Å². The lowest BCUT2D eigenvalue weighted by atomic mass is 9.92. The molecule has 3 heterocycles. The molecule has 1 saturated heterocycles. The van der Waals surface area contributed by atoms with Gasteiger partial charge in [-0.05, 0) is 37.8 Å². The van der Waals surface area contributed by atoms with Crippen molar-refractivity contribution in [2.45, 2.75) is 57.8 Å². The van der Waals surface area contributed by atoms with Gasteiger partial charge in [-0.3, -0.25) is 4.79 Å². The zero-order chi connectivity index (χ0) is 18.3. The molecule has 2 aromatic heterocycles. The van der Waals surface area contributed by atoms with Crippen molar-refractivity contribution in [2.75, 3.05) is 13.1 Å². The van der Waals surface area contributed by atoms with Gasteiger partial charge in [0.1, 0.15) is 0 Å². The molecule has 0 aromatic carbocycles. The lowest BCUT2D eigenvalue weighted by molar-refractivity contribution is -0.136. The van der Waals surface area contributed by atoms with Crippen LogP contribution in [-0.2, 0) is 10.2 Å². The number of allylic oxidation sites excluding steroid dienone is 2. The van der Waals surface area contributed by atoms with Gasteiger partial charge in [-0.15, -0.1) is 10.2 Å². The van der Waals surface area contributed by atoms with E-state index in [1.807, 2.05) is 21.5 Å². The second kappa shape index (κ2) is 6.49. The SMILES string of the molecule is CC(C)(C)c1ccc2nnc(C3CCN(C(=O)C4CC=CC4)CC3)n2n1. The van der Waals surface area contributed by atoms with E-state index in [-0.39, 0.29) is 11.3 Å². The fraction of sp³-hybridized carbons (Fsp3) is 0.600. The monoisotopic (exact) mass is 353 g/mol. The van der Waals surface area contributed by atoms with E-state index in [1.54, 1.807) is 0 Å². The highest BCUT2D eigenvalue weighted by Crippen LogP contribution is 2.30. The molecular weight excluding hydrogens is 326 g/mol. The lowest BCUT2D eigenvalue weighted by Gasteiger charge is -2.32. The van der Waals surface area contributed by atoms with Crippen molar-refractivity contribution in [3.05, 3.63) is 35.8 Å². The Kier molecular flexibility index (Phi) is 4.29. The van der Waals surface area contributed by atoms with Gasteiger partial charge in [-0.1, -0.05) is 32.9 Å². The van der Waals surface area contributed by atoms with Crippen LogP contribution in [0.3, 0.4) is 0 Å². The molecule has 0 spiro atoms. The highest BCUT2D eigenvalue weighted by Gasteiger charge is 2.31. The average Bonchev–Trinajstić information content (AvgIpc) is 3.30. The summed E-state index contributed by atoms with van der Waals surface area (Å²) in [5, 5.41) is 13.5. The van der Waals surface area contributed by atoms with Gasteiger partial charge >= 0.3 is 0 Å². The van der Waals surface area contributed by atoms with Crippen molar-refractivity contribution >= 4 is 11.6 Å². The summed E-state index contributed by atoms with van der Waals surface area (Å²) in [5.74, 6) is 1.71. The largest absolute Gasteiger partial charge is 0.342 e. The van der Waals surface area contributed by atoms with Gasteiger partial charge in [0.2, 0.25) is 5.91 Å². The molecule has 0 N–H and O–H groups in total. The van der Waals surface area contributed by atoms with Gasteiger partial charge in [0.05, 0.1) is 5.69 Å². The maximum atomic E-state index is 12.6. The van der Waals surface area contributed by atoms with Crippen LogP contribution in [0.4, 0.5) is 0 Å². The fourth-order valence-corrected chi connectivity index (χ4v) is 3.90. The van der Waals surface area contributed by atoms with Crippen molar-refractivity contribution in [3.63, 3.8) is 0 Å².